The molecular weight excluding hydrogens is 398 g/mol. The van der Waals surface area contributed by atoms with E-state index in [-0.39, 0.29) is 11.8 Å². The Kier molecular flexibility index (Phi) is 6.40. The zero-order valence-corrected chi connectivity index (χ0v) is 17.8. The van der Waals surface area contributed by atoms with Gasteiger partial charge < -0.3 is 19.1 Å². The van der Waals surface area contributed by atoms with Gasteiger partial charge in [-0.15, -0.1) is 11.8 Å². The SMILES string of the molecule is CN(C(=O)CSc1cn(CC(=O)N2CCOCC2)c2ccccc12)c1ccccc1. The van der Waals surface area contributed by atoms with Crippen LogP contribution in [0.1, 0.15) is 0 Å². The monoisotopic (exact) mass is 423 g/mol. The maximum absolute atomic E-state index is 12.7. The quantitative estimate of drug-likeness (QED) is 0.571. The van der Waals surface area contributed by atoms with Gasteiger partial charge in [-0.2, -0.15) is 0 Å². The first-order valence-corrected chi connectivity index (χ1v) is 11.0. The van der Waals surface area contributed by atoms with E-state index in [0.29, 0.717) is 38.6 Å². The van der Waals surface area contributed by atoms with Gasteiger partial charge >= 0.3 is 0 Å². The van der Waals surface area contributed by atoms with Gasteiger partial charge in [0.25, 0.3) is 0 Å². The zero-order valence-electron chi connectivity index (χ0n) is 17.0. The van der Waals surface area contributed by atoms with Gasteiger partial charge in [0, 0.05) is 47.8 Å². The highest BCUT2D eigenvalue weighted by atomic mass is 32.2. The number of anilines is 1. The van der Waals surface area contributed by atoms with Gasteiger partial charge in [0.05, 0.1) is 19.0 Å². The summed E-state index contributed by atoms with van der Waals surface area (Å²) in [5, 5.41) is 1.06. The van der Waals surface area contributed by atoms with Gasteiger partial charge in [-0.05, 0) is 18.2 Å². The number of hydrogen-bond acceptors (Lipinski definition) is 4. The average Bonchev–Trinajstić information content (AvgIpc) is 3.15. The van der Waals surface area contributed by atoms with Gasteiger partial charge in [-0.25, -0.2) is 0 Å². The molecule has 2 aromatic carbocycles. The summed E-state index contributed by atoms with van der Waals surface area (Å²) in [6.07, 6.45) is 1.99. The predicted molar refractivity (Wildman–Crippen MR) is 120 cm³/mol. The minimum atomic E-state index is 0.0347. The van der Waals surface area contributed by atoms with Gasteiger partial charge in [-0.1, -0.05) is 36.4 Å². The van der Waals surface area contributed by atoms with E-state index in [1.165, 1.54) is 11.8 Å². The lowest BCUT2D eigenvalue weighted by molar-refractivity contribution is -0.135. The second-order valence-corrected chi connectivity index (χ2v) is 8.23. The number of rotatable bonds is 6. The largest absolute Gasteiger partial charge is 0.378 e. The number of ether oxygens (including phenoxy) is 1. The maximum Gasteiger partial charge on any atom is 0.242 e. The van der Waals surface area contributed by atoms with Crippen LogP contribution in [0.4, 0.5) is 5.69 Å². The smallest absolute Gasteiger partial charge is 0.242 e. The number of para-hydroxylation sites is 2. The Morgan fingerprint density at radius 1 is 1.03 bits per heavy atom. The van der Waals surface area contributed by atoms with Gasteiger partial charge in [0.15, 0.2) is 0 Å². The van der Waals surface area contributed by atoms with E-state index >= 15 is 0 Å². The first kappa shape index (κ1) is 20.5. The fourth-order valence-corrected chi connectivity index (χ4v) is 4.55. The molecule has 0 bridgehead atoms. The van der Waals surface area contributed by atoms with Crippen LogP contribution in [0.5, 0.6) is 0 Å². The summed E-state index contributed by atoms with van der Waals surface area (Å²) in [6, 6.07) is 17.6. The number of nitrogens with zero attached hydrogens (tertiary/aromatic N) is 3. The predicted octanol–water partition coefficient (Wildman–Crippen LogP) is 3.26. The molecule has 156 valence electrons. The third-order valence-corrected chi connectivity index (χ3v) is 6.32. The second-order valence-electron chi connectivity index (χ2n) is 7.21. The number of carbonyl (C=O) groups excluding carboxylic acids is 2. The van der Waals surface area contributed by atoms with Crippen LogP contribution in [0.15, 0.2) is 65.7 Å². The van der Waals surface area contributed by atoms with Gasteiger partial charge in [-0.3, -0.25) is 9.59 Å². The van der Waals surface area contributed by atoms with E-state index in [1.807, 2.05) is 70.3 Å². The summed E-state index contributed by atoms with van der Waals surface area (Å²) >= 11 is 1.51. The van der Waals surface area contributed by atoms with Gasteiger partial charge in [0.1, 0.15) is 6.54 Å². The molecule has 2 amide bonds. The average molecular weight is 424 g/mol. The molecule has 0 aliphatic carbocycles. The molecule has 6 nitrogen and oxygen atoms in total. The van der Waals surface area contributed by atoms with Crippen molar-refractivity contribution in [3.63, 3.8) is 0 Å². The lowest BCUT2D eigenvalue weighted by Gasteiger charge is -2.27. The van der Waals surface area contributed by atoms with Crippen LogP contribution in [0.25, 0.3) is 10.9 Å². The van der Waals surface area contributed by atoms with Crippen LogP contribution >= 0.6 is 11.8 Å². The molecule has 2 heterocycles. The van der Waals surface area contributed by atoms with E-state index in [9.17, 15) is 9.59 Å². The molecule has 3 aromatic rings. The number of morpholine rings is 1. The summed E-state index contributed by atoms with van der Waals surface area (Å²) in [7, 11) is 1.79. The molecule has 1 aliphatic rings. The molecule has 1 aromatic heterocycles. The molecule has 0 radical (unpaired) electrons. The number of hydrogen-bond donors (Lipinski definition) is 0. The van der Waals surface area contributed by atoms with E-state index in [4.69, 9.17) is 4.74 Å². The summed E-state index contributed by atoms with van der Waals surface area (Å²) in [5.41, 5.74) is 1.88. The third kappa shape index (κ3) is 4.52. The minimum absolute atomic E-state index is 0.0347. The van der Waals surface area contributed by atoms with Crippen LogP contribution in [0.3, 0.4) is 0 Å². The summed E-state index contributed by atoms with van der Waals surface area (Å²) < 4.78 is 7.33. The first-order valence-electron chi connectivity index (χ1n) is 10.0. The molecular formula is C23H25N3O3S. The number of fused-ring (bicyclic) bond motifs is 1. The van der Waals surface area contributed by atoms with Crippen molar-refractivity contribution in [1.82, 2.24) is 9.47 Å². The number of amides is 2. The molecule has 4 rings (SSSR count). The van der Waals surface area contributed by atoms with Crippen molar-refractivity contribution in [3.8, 4) is 0 Å². The minimum Gasteiger partial charge on any atom is -0.378 e. The lowest BCUT2D eigenvalue weighted by atomic mass is 10.2. The van der Waals surface area contributed by atoms with E-state index in [1.54, 1.807) is 11.9 Å². The van der Waals surface area contributed by atoms with Crippen molar-refractivity contribution in [3.05, 3.63) is 60.8 Å². The topological polar surface area (TPSA) is 54.8 Å². The van der Waals surface area contributed by atoms with Gasteiger partial charge in [0.2, 0.25) is 11.8 Å². The summed E-state index contributed by atoms with van der Waals surface area (Å²) in [5.74, 6) is 0.458. The zero-order chi connectivity index (χ0) is 20.9. The highest BCUT2D eigenvalue weighted by Gasteiger charge is 2.19. The van der Waals surface area contributed by atoms with Crippen molar-refractivity contribution in [2.45, 2.75) is 11.4 Å². The lowest BCUT2D eigenvalue weighted by Crippen LogP contribution is -2.42. The fraction of sp³-hybridized carbons (Fsp3) is 0.304. The number of carbonyl (C=O) groups is 2. The highest BCUT2D eigenvalue weighted by molar-refractivity contribution is 8.00. The molecule has 30 heavy (non-hydrogen) atoms. The Morgan fingerprint density at radius 2 is 1.73 bits per heavy atom. The van der Waals surface area contributed by atoms with Crippen LogP contribution in [0, 0.1) is 0 Å². The van der Waals surface area contributed by atoms with Crippen LogP contribution < -0.4 is 4.90 Å². The second kappa shape index (κ2) is 9.36. The number of aromatic nitrogens is 1. The molecule has 0 N–H and O–H groups in total. The Hall–Kier alpha value is -2.77. The third-order valence-electron chi connectivity index (χ3n) is 5.29. The molecule has 1 fully saturated rings. The molecule has 7 heteroatoms. The summed E-state index contributed by atoms with van der Waals surface area (Å²) in [6.45, 7) is 2.76. The van der Waals surface area contributed by atoms with Crippen LogP contribution in [0.2, 0.25) is 0 Å². The van der Waals surface area contributed by atoms with E-state index in [2.05, 4.69) is 0 Å². The fourth-order valence-electron chi connectivity index (χ4n) is 3.55. The molecule has 0 unspecified atom stereocenters. The van der Waals surface area contributed by atoms with Crippen LogP contribution in [-0.4, -0.2) is 60.4 Å². The molecule has 1 saturated heterocycles. The highest BCUT2D eigenvalue weighted by Crippen LogP contribution is 2.30. The maximum atomic E-state index is 12.7. The number of thioether (sulfide) groups is 1. The van der Waals surface area contributed by atoms with Crippen LogP contribution in [-0.2, 0) is 20.9 Å². The Labute approximate surface area is 180 Å². The van der Waals surface area contributed by atoms with Crippen molar-refractivity contribution in [2.24, 2.45) is 0 Å². The van der Waals surface area contributed by atoms with Crippen molar-refractivity contribution >= 4 is 40.2 Å². The standard InChI is InChI=1S/C23H25N3O3S/c1-24(18-7-3-2-4-8-18)23(28)17-30-21-15-26(20-10-6-5-9-19(20)21)16-22(27)25-11-13-29-14-12-25/h2-10,15H,11-14,16-17H2,1H3. The van der Waals surface area contributed by atoms with Crippen molar-refractivity contribution in [2.75, 3.05) is 44.0 Å². The summed E-state index contributed by atoms with van der Waals surface area (Å²) in [4.78, 5) is 29.9. The number of benzene rings is 2. The van der Waals surface area contributed by atoms with E-state index < -0.39 is 0 Å². The van der Waals surface area contributed by atoms with E-state index in [0.717, 1.165) is 21.5 Å². The van der Waals surface area contributed by atoms with Crippen molar-refractivity contribution < 1.29 is 14.3 Å². The molecule has 0 saturated carbocycles. The molecule has 0 atom stereocenters. The Balaban J connectivity index is 1.48. The first-order chi connectivity index (χ1) is 14.6. The normalized spacial score (nSPS) is 14.1. The molecule has 1 aliphatic heterocycles. The molecule has 0 spiro atoms. The Morgan fingerprint density at radius 3 is 2.50 bits per heavy atom. The van der Waals surface area contributed by atoms with Crippen molar-refractivity contribution in [1.29, 1.82) is 0 Å². The Bertz CT molecular complexity index is 1030.